The average Bonchev–Trinajstić information content (AvgIpc) is 2.86. The third-order valence-corrected chi connectivity index (χ3v) is 7.22. The van der Waals surface area contributed by atoms with Crippen LogP contribution in [0.15, 0.2) is 18.2 Å². The maximum absolute atomic E-state index is 11.8. The maximum atomic E-state index is 11.8. The molecule has 2 saturated carbocycles. The highest BCUT2D eigenvalue weighted by molar-refractivity contribution is 5.71. The second kappa shape index (κ2) is 5.48. The molecule has 1 aromatic rings. The molecule has 0 heterocycles. The molecule has 0 unspecified atom stereocenters. The lowest BCUT2D eigenvalue weighted by atomic mass is 9.54. The molecule has 24 heavy (non-hydrogen) atoms. The predicted octanol–water partition coefficient (Wildman–Crippen LogP) is 3.22. The monoisotopic (exact) mass is 330 g/mol. The summed E-state index contributed by atoms with van der Waals surface area (Å²) in [5, 5.41) is 20.3. The number of carboxylic acid groups (broad SMARTS) is 1. The van der Waals surface area contributed by atoms with Gasteiger partial charge in [-0.25, -0.2) is 0 Å². The quantitative estimate of drug-likeness (QED) is 0.874. The largest absolute Gasteiger partial charge is 0.497 e. The third kappa shape index (κ3) is 2.12. The van der Waals surface area contributed by atoms with E-state index in [0.29, 0.717) is 18.3 Å². The topological polar surface area (TPSA) is 66.8 Å². The number of aliphatic carboxylic acids is 1. The van der Waals surface area contributed by atoms with Crippen molar-refractivity contribution in [2.24, 2.45) is 23.2 Å². The highest BCUT2D eigenvalue weighted by Gasteiger charge is 2.60. The van der Waals surface area contributed by atoms with Gasteiger partial charge in [-0.3, -0.25) is 4.79 Å². The highest BCUT2D eigenvalue weighted by Crippen LogP contribution is 2.62. The Morgan fingerprint density at radius 1 is 1.33 bits per heavy atom. The van der Waals surface area contributed by atoms with Crippen LogP contribution < -0.4 is 4.74 Å². The van der Waals surface area contributed by atoms with Crippen LogP contribution in [-0.4, -0.2) is 29.4 Å². The van der Waals surface area contributed by atoms with Gasteiger partial charge in [-0.05, 0) is 78.5 Å². The van der Waals surface area contributed by atoms with E-state index < -0.39 is 18.0 Å². The Balaban J connectivity index is 1.73. The number of hydrogen-bond donors (Lipinski definition) is 2. The molecule has 0 saturated heterocycles. The second-order valence-corrected chi connectivity index (χ2v) is 8.14. The first-order valence-corrected chi connectivity index (χ1v) is 9.03. The molecule has 4 heteroatoms. The van der Waals surface area contributed by atoms with Gasteiger partial charge in [0.05, 0.1) is 19.1 Å². The minimum Gasteiger partial charge on any atom is -0.497 e. The van der Waals surface area contributed by atoms with Crippen molar-refractivity contribution in [2.75, 3.05) is 7.11 Å². The molecule has 2 N–H and O–H groups in total. The molecule has 4 rings (SSSR count). The zero-order valence-electron chi connectivity index (χ0n) is 14.4. The Hall–Kier alpha value is -1.55. The van der Waals surface area contributed by atoms with Crippen LogP contribution in [0.3, 0.4) is 0 Å². The summed E-state index contributed by atoms with van der Waals surface area (Å²) in [6.45, 7) is 2.12. The van der Waals surface area contributed by atoms with E-state index in [1.54, 1.807) is 7.11 Å². The number of carbonyl (C=O) groups is 1. The number of aryl methyl sites for hydroxylation is 1. The first-order chi connectivity index (χ1) is 11.5. The van der Waals surface area contributed by atoms with E-state index in [4.69, 9.17) is 4.74 Å². The standard InChI is InChI=1S/C20H26O4/c1-20-8-7-14-13-6-4-12(24-2)9-11(13)3-5-15(14)18(20)16(19(22)23)10-17(20)21/h4,6,9,14-18,21H,3,5,7-8,10H2,1-2H3,(H,22,23)/t14-,15-,16+,17+,18-,20-/m1/s1. The van der Waals surface area contributed by atoms with E-state index in [1.165, 1.54) is 11.1 Å². The smallest absolute Gasteiger partial charge is 0.306 e. The van der Waals surface area contributed by atoms with Gasteiger partial charge in [0, 0.05) is 0 Å². The van der Waals surface area contributed by atoms with E-state index in [1.807, 2.05) is 6.07 Å². The molecule has 3 aliphatic rings. The van der Waals surface area contributed by atoms with E-state index in [9.17, 15) is 15.0 Å². The van der Waals surface area contributed by atoms with Gasteiger partial charge in [0.1, 0.15) is 5.75 Å². The molecule has 0 amide bonds. The van der Waals surface area contributed by atoms with Crippen molar-refractivity contribution in [2.45, 2.75) is 51.0 Å². The van der Waals surface area contributed by atoms with Gasteiger partial charge in [-0.1, -0.05) is 13.0 Å². The van der Waals surface area contributed by atoms with Gasteiger partial charge < -0.3 is 14.9 Å². The van der Waals surface area contributed by atoms with Crippen molar-refractivity contribution in [3.8, 4) is 5.75 Å². The van der Waals surface area contributed by atoms with Crippen molar-refractivity contribution in [1.29, 1.82) is 0 Å². The summed E-state index contributed by atoms with van der Waals surface area (Å²) in [7, 11) is 1.69. The summed E-state index contributed by atoms with van der Waals surface area (Å²) in [5.74, 6) is 0.626. The lowest BCUT2D eigenvalue weighted by Gasteiger charge is -2.50. The molecule has 2 fully saturated rings. The number of fused-ring (bicyclic) bond motifs is 5. The SMILES string of the molecule is COc1ccc2c(c1)CC[C@H]1[C@@H]3[C@@H](C(=O)O)C[C@H](O)[C@@]3(C)CC[C@H]21. The number of aliphatic hydroxyl groups is 1. The number of carboxylic acids is 1. The van der Waals surface area contributed by atoms with Crippen molar-refractivity contribution in [1.82, 2.24) is 0 Å². The molecule has 0 spiro atoms. The molecule has 1 aromatic carbocycles. The van der Waals surface area contributed by atoms with E-state index >= 15 is 0 Å². The number of rotatable bonds is 2. The van der Waals surface area contributed by atoms with Gasteiger partial charge in [0.25, 0.3) is 0 Å². The molecule has 3 aliphatic carbocycles. The van der Waals surface area contributed by atoms with Crippen molar-refractivity contribution in [3.63, 3.8) is 0 Å². The second-order valence-electron chi connectivity index (χ2n) is 8.14. The minimum atomic E-state index is -0.732. The van der Waals surface area contributed by atoms with Gasteiger partial charge in [0.2, 0.25) is 0 Å². The number of aliphatic hydroxyl groups excluding tert-OH is 1. The first kappa shape index (κ1) is 15.9. The summed E-state index contributed by atoms with van der Waals surface area (Å²) >= 11 is 0. The van der Waals surface area contributed by atoms with Crippen molar-refractivity contribution in [3.05, 3.63) is 29.3 Å². The molecule has 0 aromatic heterocycles. The van der Waals surface area contributed by atoms with Crippen molar-refractivity contribution >= 4 is 5.97 Å². The van der Waals surface area contributed by atoms with Crippen LogP contribution in [-0.2, 0) is 11.2 Å². The van der Waals surface area contributed by atoms with Crippen LogP contribution in [0.25, 0.3) is 0 Å². The lowest BCUT2D eigenvalue weighted by molar-refractivity contribution is -0.145. The fraction of sp³-hybridized carbons (Fsp3) is 0.650. The fourth-order valence-corrected chi connectivity index (χ4v) is 6.02. The fourth-order valence-electron chi connectivity index (χ4n) is 6.02. The number of benzene rings is 1. The van der Waals surface area contributed by atoms with Crippen LogP contribution in [0, 0.1) is 23.2 Å². The summed E-state index contributed by atoms with van der Waals surface area (Å²) in [4.78, 5) is 11.8. The van der Waals surface area contributed by atoms with Crippen LogP contribution in [0.2, 0.25) is 0 Å². The van der Waals surface area contributed by atoms with Crippen LogP contribution in [0.1, 0.15) is 49.7 Å². The molecule has 130 valence electrons. The normalized spacial score (nSPS) is 40.4. The van der Waals surface area contributed by atoms with Gasteiger partial charge >= 0.3 is 5.97 Å². The van der Waals surface area contributed by atoms with Crippen LogP contribution in [0.5, 0.6) is 5.75 Å². The molecule has 0 aliphatic heterocycles. The summed E-state index contributed by atoms with van der Waals surface area (Å²) in [5.41, 5.74) is 2.48. The number of ether oxygens (including phenoxy) is 1. The number of hydrogen-bond acceptors (Lipinski definition) is 3. The minimum absolute atomic E-state index is 0.0824. The van der Waals surface area contributed by atoms with Gasteiger partial charge in [-0.2, -0.15) is 0 Å². The van der Waals surface area contributed by atoms with E-state index in [2.05, 4.69) is 19.1 Å². The lowest BCUT2D eigenvalue weighted by Crippen LogP contribution is -2.46. The Labute approximate surface area is 142 Å². The Kier molecular flexibility index (Phi) is 3.64. The summed E-state index contributed by atoms with van der Waals surface area (Å²) < 4.78 is 5.35. The van der Waals surface area contributed by atoms with Crippen LogP contribution >= 0.6 is 0 Å². The molecule has 0 bridgehead atoms. The van der Waals surface area contributed by atoms with E-state index in [0.717, 1.165) is 31.4 Å². The zero-order valence-corrected chi connectivity index (χ0v) is 14.4. The third-order valence-electron chi connectivity index (χ3n) is 7.22. The Morgan fingerprint density at radius 2 is 2.12 bits per heavy atom. The Bertz CT molecular complexity index is 670. The predicted molar refractivity (Wildman–Crippen MR) is 90.1 cm³/mol. The highest BCUT2D eigenvalue weighted by atomic mass is 16.5. The first-order valence-electron chi connectivity index (χ1n) is 9.03. The summed E-state index contributed by atoms with van der Waals surface area (Å²) in [6.07, 6.45) is 3.87. The molecule has 6 atom stereocenters. The van der Waals surface area contributed by atoms with E-state index in [-0.39, 0.29) is 11.3 Å². The number of methoxy groups -OCH3 is 1. The molecule has 4 nitrogen and oxygen atoms in total. The van der Waals surface area contributed by atoms with Crippen LogP contribution in [0.4, 0.5) is 0 Å². The summed E-state index contributed by atoms with van der Waals surface area (Å²) in [6, 6.07) is 6.33. The molecular formula is C20H26O4. The average molecular weight is 330 g/mol. The zero-order chi connectivity index (χ0) is 17.1. The molecular weight excluding hydrogens is 304 g/mol. The molecule has 0 radical (unpaired) electrons. The van der Waals surface area contributed by atoms with Gasteiger partial charge in [-0.15, -0.1) is 0 Å². The Morgan fingerprint density at radius 3 is 2.83 bits per heavy atom. The van der Waals surface area contributed by atoms with Gasteiger partial charge in [0.15, 0.2) is 0 Å². The van der Waals surface area contributed by atoms with Crippen molar-refractivity contribution < 1.29 is 19.7 Å². The maximum Gasteiger partial charge on any atom is 0.306 e.